The van der Waals surface area contributed by atoms with Crippen molar-refractivity contribution < 1.29 is 9.59 Å². The molecule has 0 saturated carbocycles. The number of halogens is 1. The highest BCUT2D eigenvalue weighted by molar-refractivity contribution is 7.99. The Balaban J connectivity index is 1.42. The van der Waals surface area contributed by atoms with Crippen molar-refractivity contribution in [2.24, 2.45) is 7.05 Å². The first-order chi connectivity index (χ1) is 14.9. The first-order valence-electron chi connectivity index (χ1n) is 9.73. The second-order valence-electron chi connectivity index (χ2n) is 7.19. The number of thiazole rings is 1. The van der Waals surface area contributed by atoms with Gasteiger partial charge >= 0.3 is 0 Å². The molecule has 3 heterocycles. The molecule has 0 bridgehead atoms. The highest BCUT2D eigenvalue weighted by Gasteiger charge is 2.34. The minimum Gasteiger partial charge on any atom is -0.328 e. The van der Waals surface area contributed by atoms with E-state index in [1.54, 1.807) is 24.3 Å². The number of hydrogen-bond acceptors (Lipinski definition) is 7. The SMILES string of the molecule is Cc1csc(NC(=O)CSc2nnc(C3CCCN3C(=O)c3ccc(Cl)cc3)n2C)n1. The zero-order chi connectivity index (χ0) is 22.0. The standard InChI is InChI=1S/C20H21ClN6O2S2/c1-12-10-30-19(22-12)23-16(28)11-31-20-25-24-17(26(20)2)15-4-3-9-27(15)18(29)13-5-7-14(21)8-6-13/h5-8,10,15H,3-4,9,11H2,1-2H3,(H,22,23,28). The van der Waals surface area contributed by atoms with Crippen LogP contribution in [0, 0.1) is 6.92 Å². The number of likely N-dealkylation sites (tertiary alicyclic amines) is 1. The van der Waals surface area contributed by atoms with Gasteiger partial charge in [-0.3, -0.25) is 9.59 Å². The first-order valence-corrected chi connectivity index (χ1v) is 12.0. The van der Waals surface area contributed by atoms with Crippen LogP contribution < -0.4 is 5.32 Å². The van der Waals surface area contributed by atoms with Crippen LogP contribution in [0.4, 0.5) is 5.13 Å². The number of rotatable bonds is 6. The van der Waals surface area contributed by atoms with Crippen molar-refractivity contribution in [3.05, 3.63) is 51.7 Å². The largest absolute Gasteiger partial charge is 0.328 e. The van der Waals surface area contributed by atoms with Gasteiger partial charge in [0.15, 0.2) is 16.1 Å². The molecule has 1 N–H and O–H groups in total. The third-order valence-electron chi connectivity index (χ3n) is 4.97. The van der Waals surface area contributed by atoms with E-state index >= 15 is 0 Å². The summed E-state index contributed by atoms with van der Waals surface area (Å²) >= 11 is 8.64. The highest BCUT2D eigenvalue weighted by Crippen LogP contribution is 2.33. The normalized spacial score (nSPS) is 16.0. The van der Waals surface area contributed by atoms with Gasteiger partial charge < -0.3 is 14.8 Å². The number of carbonyl (C=O) groups is 2. The molecule has 1 aliphatic heterocycles. The van der Waals surface area contributed by atoms with Gasteiger partial charge in [0.1, 0.15) is 0 Å². The average molecular weight is 477 g/mol. The van der Waals surface area contributed by atoms with Gasteiger partial charge in [-0.1, -0.05) is 23.4 Å². The maximum absolute atomic E-state index is 13.0. The lowest BCUT2D eigenvalue weighted by atomic mass is 10.1. The van der Waals surface area contributed by atoms with Crippen molar-refractivity contribution in [3.8, 4) is 0 Å². The summed E-state index contributed by atoms with van der Waals surface area (Å²) in [6, 6.07) is 6.76. The number of amides is 2. The van der Waals surface area contributed by atoms with Crippen LogP contribution >= 0.6 is 34.7 Å². The number of nitrogens with one attached hydrogen (secondary N) is 1. The second kappa shape index (κ2) is 9.37. The van der Waals surface area contributed by atoms with Crippen LogP contribution in [0.15, 0.2) is 34.8 Å². The van der Waals surface area contributed by atoms with Crippen LogP contribution in [0.3, 0.4) is 0 Å². The van der Waals surface area contributed by atoms with Gasteiger partial charge in [0.2, 0.25) is 5.91 Å². The van der Waals surface area contributed by atoms with Crippen molar-refractivity contribution in [2.45, 2.75) is 31.0 Å². The summed E-state index contributed by atoms with van der Waals surface area (Å²) in [5.41, 5.74) is 1.47. The van der Waals surface area contributed by atoms with Crippen molar-refractivity contribution in [3.63, 3.8) is 0 Å². The Hall–Kier alpha value is -2.43. The highest BCUT2D eigenvalue weighted by atomic mass is 35.5. The number of hydrogen-bond donors (Lipinski definition) is 1. The van der Waals surface area contributed by atoms with Gasteiger partial charge in [-0.15, -0.1) is 21.5 Å². The van der Waals surface area contributed by atoms with Gasteiger partial charge in [-0.05, 0) is 44.0 Å². The lowest BCUT2D eigenvalue weighted by Gasteiger charge is -2.24. The van der Waals surface area contributed by atoms with Gasteiger partial charge in [0.05, 0.1) is 17.5 Å². The molecule has 162 valence electrons. The maximum atomic E-state index is 13.0. The number of carbonyl (C=O) groups excluding carboxylic acids is 2. The molecule has 3 aromatic rings. The number of nitrogens with zero attached hydrogens (tertiary/aromatic N) is 5. The molecule has 0 aliphatic carbocycles. The molecule has 4 rings (SSSR count). The van der Waals surface area contributed by atoms with Crippen LogP contribution in [-0.4, -0.2) is 48.8 Å². The van der Waals surface area contributed by atoms with Crippen LogP contribution in [0.25, 0.3) is 0 Å². The number of aryl methyl sites for hydroxylation is 1. The van der Waals surface area contributed by atoms with Crippen LogP contribution in [-0.2, 0) is 11.8 Å². The molecule has 1 atom stereocenters. The predicted molar refractivity (Wildman–Crippen MR) is 122 cm³/mol. The number of thioether (sulfide) groups is 1. The van der Waals surface area contributed by atoms with Crippen LogP contribution in [0.2, 0.25) is 5.02 Å². The molecule has 31 heavy (non-hydrogen) atoms. The molecule has 1 saturated heterocycles. The minimum absolute atomic E-state index is 0.0468. The fourth-order valence-electron chi connectivity index (χ4n) is 3.48. The molecular formula is C20H21ClN6O2S2. The molecule has 1 unspecified atom stereocenters. The molecule has 1 fully saturated rings. The number of anilines is 1. The van der Waals surface area contributed by atoms with Gasteiger partial charge in [0.25, 0.3) is 5.91 Å². The molecule has 11 heteroatoms. The predicted octanol–water partition coefficient (Wildman–Crippen LogP) is 3.94. The Morgan fingerprint density at radius 3 is 2.77 bits per heavy atom. The molecule has 2 amide bonds. The summed E-state index contributed by atoms with van der Waals surface area (Å²) in [6.45, 7) is 2.54. The molecule has 0 radical (unpaired) electrons. The Morgan fingerprint density at radius 1 is 1.29 bits per heavy atom. The van der Waals surface area contributed by atoms with E-state index in [-0.39, 0.29) is 23.6 Å². The maximum Gasteiger partial charge on any atom is 0.254 e. The van der Waals surface area contributed by atoms with Gasteiger partial charge in [0, 0.05) is 29.6 Å². The zero-order valence-corrected chi connectivity index (χ0v) is 19.4. The smallest absolute Gasteiger partial charge is 0.254 e. The van der Waals surface area contributed by atoms with Crippen LogP contribution in [0.1, 0.15) is 40.8 Å². The van der Waals surface area contributed by atoms with E-state index in [2.05, 4.69) is 20.5 Å². The van der Waals surface area contributed by atoms with E-state index in [0.717, 1.165) is 24.4 Å². The topological polar surface area (TPSA) is 93.0 Å². The lowest BCUT2D eigenvalue weighted by molar-refractivity contribution is -0.113. The average Bonchev–Trinajstić information content (AvgIpc) is 3.47. The monoisotopic (exact) mass is 476 g/mol. The van der Waals surface area contributed by atoms with Crippen molar-refractivity contribution in [1.29, 1.82) is 0 Å². The first kappa shape index (κ1) is 21.8. The molecule has 0 spiro atoms. The summed E-state index contributed by atoms with van der Waals surface area (Å²) in [4.78, 5) is 31.3. The van der Waals surface area contributed by atoms with E-state index < -0.39 is 0 Å². The molecular weight excluding hydrogens is 456 g/mol. The number of benzene rings is 1. The summed E-state index contributed by atoms with van der Waals surface area (Å²) in [7, 11) is 1.86. The summed E-state index contributed by atoms with van der Waals surface area (Å²) in [6.07, 6.45) is 1.72. The van der Waals surface area contributed by atoms with E-state index in [4.69, 9.17) is 11.6 Å². The third kappa shape index (κ3) is 4.91. The fraction of sp³-hybridized carbons (Fsp3) is 0.350. The quantitative estimate of drug-likeness (QED) is 0.541. The Morgan fingerprint density at radius 2 is 2.06 bits per heavy atom. The Labute approximate surface area is 193 Å². The second-order valence-corrected chi connectivity index (χ2v) is 9.43. The third-order valence-corrected chi connectivity index (χ3v) is 7.12. The molecule has 1 aromatic carbocycles. The van der Waals surface area contributed by atoms with Crippen molar-refractivity contribution in [2.75, 3.05) is 17.6 Å². The summed E-state index contributed by atoms with van der Waals surface area (Å²) < 4.78 is 1.86. The van der Waals surface area contributed by atoms with Gasteiger partial charge in [-0.2, -0.15) is 0 Å². The minimum atomic E-state index is -0.151. The number of aromatic nitrogens is 4. The van der Waals surface area contributed by atoms with Crippen molar-refractivity contribution >= 4 is 51.6 Å². The van der Waals surface area contributed by atoms with Crippen molar-refractivity contribution in [1.82, 2.24) is 24.6 Å². The Bertz CT molecular complexity index is 1100. The lowest BCUT2D eigenvalue weighted by Crippen LogP contribution is -2.31. The molecule has 2 aromatic heterocycles. The van der Waals surface area contributed by atoms with Gasteiger partial charge in [-0.25, -0.2) is 4.98 Å². The van der Waals surface area contributed by atoms with E-state index in [9.17, 15) is 9.59 Å². The summed E-state index contributed by atoms with van der Waals surface area (Å²) in [5, 5.41) is 15.1. The summed E-state index contributed by atoms with van der Waals surface area (Å²) in [5.74, 6) is 0.722. The molecule has 1 aliphatic rings. The zero-order valence-electron chi connectivity index (χ0n) is 17.0. The Kier molecular flexibility index (Phi) is 6.59. The van der Waals surface area contributed by atoms with E-state index in [1.165, 1.54) is 23.1 Å². The fourth-order valence-corrected chi connectivity index (χ4v) is 5.02. The molecule has 8 nitrogen and oxygen atoms in total. The van der Waals surface area contributed by atoms with E-state index in [1.807, 2.05) is 28.8 Å². The van der Waals surface area contributed by atoms with Crippen LogP contribution in [0.5, 0.6) is 0 Å². The van der Waals surface area contributed by atoms with E-state index in [0.29, 0.717) is 27.4 Å².